The lowest BCUT2D eigenvalue weighted by Gasteiger charge is -2.37. The Kier molecular flexibility index (Phi) is 6.65. The zero-order valence-corrected chi connectivity index (χ0v) is 21.9. The summed E-state index contributed by atoms with van der Waals surface area (Å²) in [6.45, 7) is -0.341. The van der Waals surface area contributed by atoms with Gasteiger partial charge in [-0.1, -0.05) is 0 Å². The van der Waals surface area contributed by atoms with Crippen molar-refractivity contribution < 1.29 is 35.1 Å². The molecule has 1 saturated heterocycles. The molecular formula is C23H24F5N7O3S. The van der Waals surface area contributed by atoms with E-state index in [9.17, 15) is 21.6 Å². The summed E-state index contributed by atoms with van der Waals surface area (Å²) >= 11 is 0. The molecular weight excluding hydrogens is 549 g/mol. The highest BCUT2D eigenvalue weighted by Crippen LogP contribution is 2.37. The molecule has 1 fully saturated rings. The zero-order chi connectivity index (χ0) is 28.3. The van der Waals surface area contributed by atoms with Gasteiger partial charge in [-0.15, -0.1) is 5.10 Å². The summed E-state index contributed by atoms with van der Waals surface area (Å²) in [5.41, 5.74) is 0.246. The molecule has 210 valence electrons. The maximum Gasteiger partial charge on any atom is 0.281 e. The van der Waals surface area contributed by atoms with E-state index in [4.69, 9.17) is 4.74 Å². The second kappa shape index (κ2) is 9.59. The first-order valence-corrected chi connectivity index (χ1v) is 13.6. The van der Waals surface area contributed by atoms with Crippen molar-refractivity contribution in [2.45, 2.75) is 31.9 Å². The normalized spacial score (nSPS) is 18.2. The number of ether oxygens (including phenoxy) is 1. The van der Waals surface area contributed by atoms with Crippen molar-refractivity contribution in [2.75, 3.05) is 38.4 Å². The third-order valence-electron chi connectivity index (χ3n) is 6.68. The number of methoxy groups -OCH3 is 1. The van der Waals surface area contributed by atoms with Crippen LogP contribution in [0.3, 0.4) is 0 Å². The van der Waals surface area contributed by atoms with E-state index < -0.39 is 46.8 Å². The number of piperidine rings is 1. The maximum atomic E-state index is 15.3. The summed E-state index contributed by atoms with van der Waals surface area (Å²) in [4.78, 5) is 8.26. The Morgan fingerprint density at radius 3 is 2.59 bits per heavy atom. The largest absolute Gasteiger partial charge is 0.479 e. The average Bonchev–Trinajstić information content (AvgIpc) is 3.35. The van der Waals surface area contributed by atoms with Crippen molar-refractivity contribution in [3.8, 4) is 17.0 Å². The molecule has 16 heteroatoms. The van der Waals surface area contributed by atoms with Crippen molar-refractivity contribution in [3.63, 3.8) is 0 Å². The quantitative estimate of drug-likeness (QED) is 0.338. The third kappa shape index (κ3) is 4.75. The van der Waals surface area contributed by atoms with Crippen LogP contribution in [0.25, 0.3) is 27.7 Å². The van der Waals surface area contributed by atoms with Gasteiger partial charge in [0.25, 0.3) is 5.92 Å². The van der Waals surface area contributed by atoms with E-state index in [-0.39, 0.29) is 59.0 Å². The fourth-order valence-electron chi connectivity index (χ4n) is 4.83. The highest BCUT2D eigenvalue weighted by Gasteiger charge is 2.47. The molecule has 5 rings (SSSR count). The zero-order valence-electron chi connectivity index (χ0n) is 21.1. The van der Waals surface area contributed by atoms with Crippen LogP contribution in [0, 0.1) is 18.6 Å². The van der Waals surface area contributed by atoms with E-state index in [0.29, 0.717) is 10.1 Å². The number of rotatable bonds is 7. The topological polar surface area (TPSA) is 107 Å². The number of alkyl halides is 3. The molecule has 4 aromatic rings. The monoisotopic (exact) mass is 573 g/mol. The highest BCUT2D eigenvalue weighted by molar-refractivity contribution is 7.88. The SMILES string of the molecule is COc1nc(NC2CCN(S(C)(=O)=O)CC2(F)F)nn2cc(F)c(-c3cc(F)c4nc(C)n(CCF)c4c3)c12. The van der Waals surface area contributed by atoms with Crippen molar-refractivity contribution in [2.24, 2.45) is 0 Å². The molecule has 0 amide bonds. The Morgan fingerprint density at radius 1 is 1.21 bits per heavy atom. The number of nitrogens with zero attached hydrogens (tertiary/aromatic N) is 6. The number of aromatic nitrogens is 5. The van der Waals surface area contributed by atoms with Gasteiger partial charge in [0.1, 0.15) is 23.5 Å². The molecule has 0 aliphatic carbocycles. The van der Waals surface area contributed by atoms with Crippen LogP contribution in [0.4, 0.5) is 27.9 Å². The number of nitrogens with one attached hydrogen (secondary N) is 1. The van der Waals surface area contributed by atoms with E-state index in [1.165, 1.54) is 17.7 Å². The number of aryl methyl sites for hydroxylation is 2. The lowest BCUT2D eigenvalue weighted by molar-refractivity contribution is -0.0541. The molecule has 0 saturated carbocycles. The van der Waals surface area contributed by atoms with Crippen molar-refractivity contribution in [1.29, 1.82) is 0 Å². The first-order chi connectivity index (χ1) is 18.3. The Hall–Kier alpha value is -3.53. The minimum absolute atomic E-state index is 0.00572. The van der Waals surface area contributed by atoms with E-state index in [0.717, 1.165) is 23.0 Å². The van der Waals surface area contributed by atoms with Gasteiger partial charge in [0.15, 0.2) is 11.6 Å². The summed E-state index contributed by atoms with van der Waals surface area (Å²) < 4.78 is 105. The number of halogens is 5. The minimum atomic E-state index is -3.80. The Morgan fingerprint density at radius 2 is 1.95 bits per heavy atom. The molecule has 0 bridgehead atoms. The van der Waals surface area contributed by atoms with Crippen LogP contribution in [-0.4, -0.2) is 82.0 Å². The lowest BCUT2D eigenvalue weighted by Crippen LogP contribution is -2.55. The van der Waals surface area contributed by atoms with Gasteiger partial charge in [0.05, 0.1) is 49.8 Å². The third-order valence-corrected chi connectivity index (χ3v) is 7.93. The molecule has 1 atom stereocenters. The summed E-state index contributed by atoms with van der Waals surface area (Å²) in [6, 6.07) is 1.04. The minimum Gasteiger partial charge on any atom is -0.479 e. The van der Waals surface area contributed by atoms with Crippen molar-refractivity contribution in [1.82, 2.24) is 28.5 Å². The number of fused-ring (bicyclic) bond motifs is 2. The van der Waals surface area contributed by atoms with Gasteiger partial charge in [-0.3, -0.25) is 0 Å². The molecule has 0 radical (unpaired) electrons. The van der Waals surface area contributed by atoms with Gasteiger partial charge >= 0.3 is 0 Å². The van der Waals surface area contributed by atoms with E-state index in [1.54, 1.807) is 6.92 Å². The van der Waals surface area contributed by atoms with Gasteiger partial charge in [-0.05, 0) is 31.0 Å². The average molecular weight is 574 g/mol. The first-order valence-electron chi connectivity index (χ1n) is 11.8. The summed E-state index contributed by atoms with van der Waals surface area (Å²) in [5, 5.41) is 6.61. The molecule has 3 aromatic heterocycles. The summed E-state index contributed by atoms with van der Waals surface area (Å²) in [5.74, 6) is -5.12. The van der Waals surface area contributed by atoms with Gasteiger partial charge in [0, 0.05) is 6.54 Å². The number of hydrogen-bond acceptors (Lipinski definition) is 7. The number of sulfonamides is 1. The standard InChI is InChI=1S/C23H24F5N7O3S/c1-12-29-19-14(25)8-13(9-16(19)34(12)7-5-24)18-15(26)10-35-20(18)21(38-2)31-22(32-35)30-17-4-6-33(39(3,36)37)11-23(17,27)28/h8-10,17H,4-7,11H2,1-3H3,(H,30,32). The fourth-order valence-corrected chi connectivity index (χ4v) is 5.68. The van der Waals surface area contributed by atoms with E-state index in [1.807, 2.05) is 0 Å². The van der Waals surface area contributed by atoms with Crippen LogP contribution >= 0.6 is 0 Å². The second-order valence-corrected chi connectivity index (χ2v) is 11.2. The van der Waals surface area contributed by atoms with Crippen LogP contribution in [0.5, 0.6) is 5.88 Å². The Balaban J connectivity index is 1.56. The Labute approximate surface area is 219 Å². The van der Waals surface area contributed by atoms with Crippen molar-refractivity contribution in [3.05, 3.63) is 35.8 Å². The molecule has 1 aliphatic rings. The first kappa shape index (κ1) is 27.1. The maximum absolute atomic E-state index is 15.3. The highest BCUT2D eigenvalue weighted by atomic mass is 32.2. The summed E-state index contributed by atoms with van der Waals surface area (Å²) in [6.07, 6.45) is 1.59. The van der Waals surface area contributed by atoms with Gasteiger partial charge in [-0.2, -0.15) is 9.29 Å². The smallest absolute Gasteiger partial charge is 0.281 e. The van der Waals surface area contributed by atoms with Gasteiger partial charge in [-0.25, -0.2) is 39.9 Å². The predicted molar refractivity (Wildman–Crippen MR) is 132 cm³/mol. The Bertz CT molecular complexity index is 1690. The van der Waals surface area contributed by atoms with Crippen molar-refractivity contribution >= 4 is 32.5 Å². The van der Waals surface area contributed by atoms with Crippen LogP contribution in [0.15, 0.2) is 18.3 Å². The molecule has 39 heavy (non-hydrogen) atoms. The number of imidazole rings is 1. The molecule has 1 aromatic carbocycles. The summed E-state index contributed by atoms with van der Waals surface area (Å²) in [7, 11) is -2.57. The molecule has 10 nitrogen and oxygen atoms in total. The van der Waals surface area contributed by atoms with Crippen LogP contribution in [-0.2, 0) is 16.6 Å². The predicted octanol–water partition coefficient (Wildman–Crippen LogP) is 3.39. The molecule has 1 aliphatic heterocycles. The molecule has 0 spiro atoms. The van der Waals surface area contributed by atoms with Crippen LogP contribution in [0.1, 0.15) is 12.2 Å². The number of benzene rings is 1. The van der Waals surface area contributed by atoms with Crippen LogP contribution in [0.2, 0.25) is 0 Å². The number of anilines is 1. The van der Waals surface area contributed by atoms with Crippen LogP contribution < -0.4 is 10.1 Å². The number of hydrogen-bond donors (Lipinski definition) is 1. The van der Waals surface area contributed by atoms with E-state index >= 15 is 8.78 Å². The van der Waals surface area contributed by atoms with Gasteiger partial charge in [0.2, 0.25) is 21.9 Å². The molecule has 4 heterocycles. The fraction of sp³-hybridized carbons (Fsp3) is 0.435. The van der Waals surface area contributed by atoms with E-state index in [2.05, 4.69) is 20.4 Å². The molecule has 1 N–H and O–H groups in total. The molecule has 1 unspecified atom stereocenters. The lowest BCUT2D eigenvalue weighted by atomic mass is 10.0. The second-order valence-electron chi connectivity index (χ2n) is 9.26. The van der Waals surface area contributed by atoms with Gasteiger partial charge < -0.3 is 14.6 Å².